The molecule has 0 bridgehead atoms. The predicted molar refractivity (Wildman–Crippen MR) is 96.0 cm³/mol. The molecule has 3 aromatic heterocycles. The number of pyridine rings is 1. The van der Waals surface area contributed by atoms with Gasteiger partial charge in [0.05, 0.1) is 18.7 Å². The maximum Gasteiger partial charge on any atom is 0.375 e. The van der Waals surface area contributed by atoms with Gasteiger partial charge in [0, 0.05) is 22.2 Å². The Morgan fingerprint density at radius 3 is 2.68 bits per heavy atom. The predicted octanol–water partition coefficient (Wildman–Crippen LogP) is 3.68. The average molecular weight is 355 g/mol. The van der Waals surface area contributed by atoms with Crippen molar-refractivity contribution < 1.29 is 19.1 Å². The van der Waals surface area contributed by atoms with Gasteiger partial charge in [0.15, 0.2) is 5.78 Å². The van der Waals surface area contributed by atoms with E-state index in [0.717, 1.165) is 21.5 Å². The Morgan fingerprint density at radius 2 is 2.00 bits per heavy atom. The number of fused-ring (bicyclic) bond motifs is 1. The van der Waals surface area contributed by atoms with E-state index in [1.807, 2.05) is 42.6 Å². The van der Waals surface area contributed by atoms with Gasteiger partial charge in [-0.05, 0) is 49.1 Å². The highest BCUT2D eigenvalue weighted by Crippen LogP contribution is 2.33. The highest BCUT2D eigenvalue weighted by Gasteiger charge is 2.25. The van der Waals surface area contributed by atoms with Crippen molar-refractivity contribution in [2.24, 2.45) is 0 Å². The third-order valence-corrected chi connectivity index (χ3v) is 4.85. The van der Waals surface area contributed by atoms with E-state index in [1.165, 1.54) is 0 Å². The minimum atomic E-state index is -0.967. The lowest BCUT2D eigenvalue weighted by Gasteiger charge is -2.05. The van der Waals surface area contributed by atoms with Crippen molar-refractivity contribution in [3.8, 4) is 10.4 Å². The highest BCUT2D eigenvalue weighted by atomic mass is 32.1. The molecule has 3 heterocycles. The smallest absolute Gasteiger partial charge is 0.375 e. The van der Waals surface area contributed by atoms with Gasteiger partial charge in [-0.2, -0.15) is 0 Å². The SMILES string of the molecule is CCOC(=O)C(=O)CC(=O)c1c(-c2cc(C)cs2)cc2ccccn12. The number of thiophene rings is 1. The molecule has 6 heteroatoms. The standard InChI is InChI=1S/C19H17NO4S/c1-3-24-19(23)16(22)10-15(21)18-14(17-8-12(2)11-25-17)9-13-6-4-5-7-20(13)18/h4-9,11H,3,10H2,1-2H3. The Labute approximate surface area is 148 Å². The molecule has 0 aliphatic rings. The van der Waals surface area contributed by atoms with Crippen LogP contribution in [0.3, 0.4) is 0 Å². The van der Waals surface area contributed by atoms with Crippen LogP contribution in [0, 0.1) is 6.92 Å². The summed E-state index contributed by atoms with van der Waals surface area (Å²) >= 11 is 1.54. The summed E-state index contributed by atoms with van der Waals surface area (Å²) in [6.07, 6.45) is 1.28. The number of hydrogen-bond donors (Lipinski definition) is 0. The zero-order valence-electron chi connectivity index (χ0n) is 13.9. The van der Waals surface area contributed by atoms with Crippen molar-refractivity contribution in [2.75, 3.05) is 6.61 Å². The number of Topliss-reactive ketones (excluding diaryl/α,β-unsaturated/α-hetero) is 2. The van der Waals surface area contributed by atoms with Gasteiger partial charge in [0.1, 0.15) is 0 Å². The molecule has 0 atom stereocenters. The lowest BCUT2D eigenvalue weighted by Crippen LogP contribution is -2.21. The van der Waals surface area contributed by atoms with Crippen molar-refractivity contribution in [1.82, 2.24) is 4.40 Å². The summed E-state index contributed by atoms with van der Waals surface area (Å²) in [5, 5.41) is 2.01. The molecular weight excluding hydrogens is 338 g/mol. The monoisotopic (exact) mass is 355 g/mol. The van der Waals surface area contributed by atoms with E-state index < -0.39 is 24.0 Å². The number of hydrogen-bond acceptors (Lipinski definition) is 5. The Bertz CT molecular complexity index is 967. The van der Waals surface area contributed by atoms with Crippen LogP contribution >= 0.6 is 11.3 Å². The molecule has 0 aliphatic heterocycles. The average Bonchev–Trinajstić information content (AvgIpc) is 3.18. The Morgan fingerprint density at radius 1 is 1.20 bits per heavy atom. The second kappa shape index (κ2) is 7.03. The minimum Gasteiger partial charge on any atom is -0.460 e. The van der Waals surface area contributed by atoms with E-state index in [2.05, 4.69) is 4.74 Å². The molecule has 0 amide bonds. The van der Waals surface area contributed by atoms with Gasteiger partial charge >= 0.3 is 5.97 Å². The van der Waals surface area contributed by atoms with E-state index >= 15 is 0 Å². The maximum absolute atomic E-state index is 12.8. The van der Waals surface area contributed by atoms with Crippen molar-refractivity contribution in [1.29, 1.82) is 0 Å². The Kier molecular flexibility index (Phi) is 4.81. The lowest BCUT2D eigenvalue weighted by atomic mass is 10.1. The number of carbonyl (C=O) groups is 3. The summed E-state index contributed by atoms with van der Waals surface area (Å²) in [6.45, 7) is 3.71. The zero-order chi connectivity index (χ0) is 18.0. The van der Waals surface area contributed by atoms with Crippen molar-refractivity contribution in [3.05, 3.63) is 53.2 Å². The summed E-state index contributed by atoms with van der Waals surface area (Å²) < 4.78 is 6.44. The summed E-state index contributed by atoms with van der Waals surface area (Å²) in [4.78, 5) is 37.2. The van der Waals surface area contributed by atoms with Gasteiger partial charge in [-0.25, -0.2) is 4.79 Å². The number of carbonyl (C=O) groups excluding carboxylic acids is 3. The van der Waals surface area contributed by atoms with Crippen molar-refractivity contribution >= 4 is 34.4 Å². The molecular formula is C19H17NO4S. The molecule has 0 saturated carbocycles. The Hall–Kier alpha value is -2.73. The molecule has 5 nitrogen and oxygen atoms in total. The third kappa shape index (κ3) is 3.39. The van der Waals surface area contributed by atoms with Gasteiger partial charge in [0.2, 0.25) is 5.78 Å². The fourth-order valence-electron chi connectivity index (χ4n) is 2.68. The van der Waals surface area contributed by atoms with Gasteiger partial charge in [-0.3, -0.25) is 9.59 Å². The molecule has 3 rings (SSSR count). The minimum absolute atomic E-state index is 0.104. The van der Waals surface area contributed by atoms with E-state index in [0.29, 0.717) is 5.69 Å². The number of esters is 1. The summed E-state index contributed by atoms with van der Waals surface area (Å²) in [6, 6.07) is 9.53. The number of rotatable bonds is 6. The van der Waals surface area contributed by atoms with Crippen LogP contribution in [-0.4, -0.2) is 28.5 Å². The van der Waals surface area contributed by atoms with Crippen LogP contribution < -0.4 is 0 Å². The molecule has 0 radical (unpaired) electrons. The largest absolute Gasteiger partial charge is 0.460 e. The molecule has 128 valence electrons. The van der Waals surface area contributed by atoms with Gasteiger partial charge in [-0.15, -0.1) is 11.3 Å². The second-order valence-corrected chi connectivity index (χ2v) is 6.55. The van der Waals surface area contributed by atoms with Crippen molar-refractivity contribution in [2.45, 2.75) is 20.3 Å². The zero-order valence-corrected chi connectivity index (χ0v) is 14.8. The fraction of sp³-hybridized carbons (Fsp3) is 0.211. The molecule has 3 aromatic rings. The van der Waals surface area contributed by atoms with E-state index in [1.54, 1.807) is 28.9 Å². The number of ether oxygens (including phenoxy) is 1. The van der Waals surface area contributed by atoms with E-state index in [4.69, 9.17) is 0 Å². The van der Waals surface area contributed by atoms with Crippen LogP contribution in [0.4, 0.5) is 0 Å². The molecule has 0 saturated heterocycles. The normalized spacial score (nSPS) is 10.8. The van der Waals surface area contributed by atoms with E-state index in [-0.39, 0.29) is 6.61 Å². The maximum atomic E-state index is 12.8. The molecule has 0 spiro atoms. The fourth-order valence-corrected chi connectivity index (χ4v) is 3.60. The molecule has 25 heavy (non-hydrogen) atoms. The third-order valence-electron chi connectivity index (χ3n) is 3.76. The number of nitrogens with zero attached hydrogens (tertiary/aromatic N) is 1. The van der Waals surface area contributed by atoms with Crippen LogP contribution in [0.2, 0.25) is 0 Å². The summed E-state index contributed by atoms with van der Waals surface area (Å²) in [7, 11) is 0. The lowest BCUT2D eigenvalue weighted by molar-refractivity contribution is -0.153. The summed E-state index contributed by atoms with van der Waals surface area (Å²) in [5.74, 6) is -2.19. The molecule has 0 unspecified atom stereocenters. The Balaban J connectivity index is 2.03. The molecule has 0 aliphatic carbocycles. The van der Waals surface area contributed by atoms with Gasteiger partial charge < -0.3 is 9.14 Å². The first kappa shape index (κ1) is 17.1. The summed E-state index contributed by atoms with van der Waals surface area (Å²) in [5.41, 5.74) is 3.15. The first-order valence-corrected chi connectivity index (χ1v) is 8.78. The number of ketones is 2. The van der Waals surface area contributed by atoms with E-state index in [9.17, 15) is 14.4 Å². The van der Waals surface area contributed by atoms with Crippen LogP contribution in [0.1, 0.15) is 29.4 Å². The van der Waals surface area contributed by atoms with Crippen LogP contribution in [0.15, 0.2) is 41.9 Å². The first-order valence-electron chi connectivity index (χ1n) is 7.90. The first-order chi connectivity index (χ1) is 12.0. The van der Waals surface area contributed by atoms with Gasteiger partial charge in [-0.1, -0.05) is 6.07 Å². The van der Waals surface area contributed by atoms with Crippen LogP contribution in [0.5, 0.6) is 0 Å². The molecule has 0 aromatic carbocycles. The van der Waals surface area contributed by atoms with Crippen LogP contribution in [0.25, 0.3) is 16.0 Å². The highest BCUT2D eigenvalue weighted by molar-refractivity contribution is 7.13. The quantitative estimate of drug-likeness (QED) is 0.293. The second-order valence-electron chi connectivity index (χ2n) is 5.63. The topological polar surface area (TPSA) is 64.9 Å². The molecule has 0 N–H and O–H groups in total. The van der Waals surface area contributed by atoms with Crippen LogP contribution in [-0.2, 0) is 14.3 Å². The molecule has 0 fully saturated rings. The number of aromatic nitrogens is 1. The van der Waals surface area contributed by atoms with Gasteiger partial charge in [0.25, 0.3) is 0 Å². The van der Waals surface area contributed by atoms with Crippen molar-refractivity contribution in [3.63, 3.8) is 0 Å². The number of aryl methyl sites for hydroxylation is 1.